The fraction of sp³-hybridized carbons (Fsp3) is 1.00. The molecule has 2 fully saturated rings. The van der Waals surface area contributed by atoms with E-state index in [1.54, 1.807) is 0 Å². The van der Waals surface area contributed by atoms with E-state index in [2.05, 4.69) is 17.3 Å². The van der Waals surface area contributed by atoms with Crippen LogP contribution in [0.25, 0.3) is 0 Å². The molecule has 1 atom stereocenters. The highest BCUT2D eigenvalue weighted by Gasteiger charge is 2.22. The fourth-order valence-electron chi connectivity index (χ4n) is 2.70. The van der Waals surface area contributed by atoms with Crippen LogP contribution < -0.4 is 5.32 Å². The van der Waals surface area contributed by atoms with Gasteiger partial charge in [-0.25, -0.2) is 0 Å². The molecule has 0 aliphatic carbocycles. The van der Waals surface area contributed by atoms with E-state index in [0.29, 0.717) is 6.04 Å². The van der Waals surface area contributed by atoms with Crippen molar-refractivity contribution in [1.82, 2.24) is 10.2 Å². The van der Waals surface area contributed by atoms with Crippen molar-refractivity contribution < 1.29 is 4.21 Å². The number of nitrogens with one attached hydrogen (secondary N) is 1. The van der Waals surface area contributed by atoms with E-state index in [1.807, 2.05) is 0 Å². The first kappa shape index (κ1) is 12.5. The zero-order chi connectivity index (χ0) is 11.4. The van der Waals surface area contributed by atoms with E-state index in [0.717, 1.165) is 36.9 Å². The number of piperidine rings is 1. The molecule has 0 saturated carbocycles. The lowest BCUT2D eigenvalue weighted by Gasteiger charge is -2.34. The Labute approximate surface area is 101 Å². The standard InChI is InChI=1S/C12H24N2OS/c1-14-7-3-2-4-12(14)10-13-11-5-8-16(15)9-6-11/h11-13H,2-10H2,1H3. The summed E-state index contributed by atoms with van der Waals surface area (Å²) in [6, 6.07) is 1.34. The Hall–Kier alpha value is 0.0700. The maximum atomic E-state index is 11.2. The summed E-state index contributed by atoms with van der Waals surface area (Å²) in [5.41, 5.74) is 0. The highest BCUT2D eigenvalue weighted by molar-refractivity contribution is 7.85. The maximum Gasteiger partial charge on any atom is 0.0249 e. The zero-order valence-electron chi connectivity index (χ0n) is 10.3. The first-order valence-electron chi connectivity index (χ1n) is 6.54. The maximum absolute atomic E-state index is 11.2. The quantitative estimate of drug-likeness (QED) is 0.803. The molecule has 0 aromatic heterocycles. The molecule has 1 unspecified atom stereocenters. The second kappa shape index (κ2) is 6.12. The van der Waals surface area contributed by atoms with Crippen LogP contribution in [0.15, 0.2) is 0 Å². The van der Waals surface area contributed by atoms with Crippen LogP contribution in [-0.2, 0) is 10.8 Å². The number of hydrogen-bond donors (Lipinski definition) is 1. The molecular weight excluding hydrogens is 220 g/mol. The van der Waals surface area contributed by atoms with E-state index in [4.69, 9.17) is 0 Å². The van der Waals surface area contributed by atoms with Crippen LogP contribution in [0.5, 0.6) is 0 Å². The third kappa shape index (κ3) is 3.54. The molecule has 0 amide bonds. The average molecular weight is 244 g/mol. The Bertz CT molecular complexity index is 237. The van der Waals surface area contributed by atoms with Gasteiger partial charge in [0.2, 0.25) is 0 Å². The summed E-state index contributed by atoms with van der Waals surface area (Å²) >= 11 is 0. The van der Waals surface area contributed by atoms with Crippen LogP contribution in [0.2, 0.25) is 0 Å². The van der Waals surface area contributed by atoms with Crippen LogP contribution in [0.1, 0.15) is 32.1 Å². The van der Waals surface area contributed by atoms with Gasteiger partial charge in [-0.15, -0.1) is 0 Å². The van der Waals surface area contributed by atoms with Gasteiger partial charge in [0.05, 0.1) is 0 Å². The predicted octanol–water partition coefficient (Wildman–Crippen LogP) is 0.971. The first-order valence-corrected chi connectivity index (χ1v) is 8.03. The molecule has 94 valence electrons. The molecule has 2 saturated heterocycles. The highest BCUT2D eigenvalue weighted by Crippen LogP contribution is 2.15. The lowest BCUT2D eigenvalue weighted by atomic mass is 10.0. The number of likely N-dealkylation sites (tertiary alicyclic amines) is 1. The number of nitrogens with zero attached hydrogens (tertiary/aromatic N) is 1. The molecule has 16 heavy (non-hydrogen) atoms. The van der Waals surface area contributed by atoms with Crippen LogP contribution in [0.4, 0.5) is 0 Å². The van der Waals surface area contributed by atoms with Crippen LogP contribution in [-0.4, -0.2) is 52.8 Å². The third-order valence-corrected chi connectivity index (χ3v) is 5.33. The van der Waals surface area contributed by atoms with Crippen molar-refractivity contribution in [2.75, 3.05) is 31.6 Å². The molecule has 2 aliphatic rings. The smallest absolute Gasteiger partial charge is 0.0249 e. The number of hydrogen-bond acceptors (Lipinski definition) is 3. The minimum Gasteiger partial charge on any atom is -0.312 e. The minimum absolute atomic E-state index is 0.527. The van der Waals surface area contributed by atoms with Crippen LogP contribution in [0.3, 0.4) is 0 Å². The second-order valence-corrected chi connectivity index (χ2v) is 6.86. The van der Waals surface area contributed by atoms with Gasteiger partial charge < -0.3 is 10.2 Å². The molecule has 0 radical (unpaired) electrons. The van der Waals surface area contributed by atoms with E-state index >= 15 is 0 Å². The fourth-order valence-corrected chi connectivity index (χ4v) is 4.00. The minimum atomic E-state index is -0.527. The summed E-state index contributed by atoms with van der Waals surface area (Å²) in [5, 5.41) is 3.67. The van der Waals surface area contributed by atoms with Gasteiger partial charge in [0, 0.05) is 40.9 Å². The lowest BCUT2D eigenvalue weighted by molar-refractivity contribution is 0.177. The summed E-state index contributed by atoms with van der Waals surface area (Å²) in [6.45, 7) is 2.37. The predicted molar refractivity (Wildman–Crippen MR) is 69.2 cm³/mol. The molecule has 2 aliphatic heterocycles. The average Bonchev–Trinajstić information content (AvgIpc) is 2.30. The van der Waals surface area contributed by atoms with E-state index in [1.165, 1.54) is 25.8 Å². The Morgan fingerprint density at radius 3 is 2.69 bits per heavy atom. The molecule has 3 nitrogen and oxygen atoms in total. The molecule has 0 aromatic rings. The number of rotatable bonds is 3. The van der Waals surface area contributed by atoms with Crippen molar-refractivity contribution in [1.29, 1.82) is 0 Å². The van der Waals surface area contributed by atoms with Gasteiger partial charge in [-0.2, -0.15) is 0 Å². The first-order chi connectivity index (χ1) is 7.75. The van der Waals surface area contributed by atoms with Crippen LogP contribution >= 0.6 is 0 Å². The van der Waals surface area contributed by atoms with Crippen molar-refractivity contribution in [3.05, 3.63) is 0 Å². The van der Waals surface area contributed by atoms with Crippen molar-refractivity contribution in [3.63, 3.8) is 0 Å². The molecule has 2 heterocycles. The Morgan fingerprint density at radius 2 is 2.00 bits per heavy atom. The van der Waals surface area contributed by atoms with Crippen molar-refractivity contribution in [2.45, 2.75) is 44.2 Å². The lowest BCUT2D eigenvalue weighted by Crippen LogP contribution is -2.47. The topological polar surface area (TPSA) is 32.3 Å². The monoisotopic (exact) mass is 244 g/mol. The second-order valence-electron chi connectivity index (χ2n) is 5.16. The highest BCUT2D eigenvalue weighted by atomic mass is 32.2. The largest absolute Gasteiger partial charge is 0.312 e. The van der Waals surface area contributed by atoms with Gasteiger partial charge in [0.1, 0.15) is 0 Å². The molecule has 0 bridgehead atoms. The summed E-state index contributed by atoms with van der Waals surface area (Å²) in [4.78, 5) is 2.48. The summed E-state index contributed by atoms with van der Waals surface area (Å²) in [5.74, 6) is 1.80. The zero-order valence-corrected chi connectivity index (χ0v) is 11.1. The Morgan fingerprint density at radius 1 is 1.25 bits per heavy atom. The summed E-state index contributed by atoms with van der Waals surface area (Å²) in [6.07, 6.45) is 6.27. The molecule has 4 heteroatoms. The molecule has 1 N–H and O–H groups in total. The van der Waals surface area contributed by atoms with E-state index in [9.17, 15) is 4.21 Å². The summed E-state index contributed by atoms with van der Waals surface area (Å²) in [7, 11) is 1.71. The Kier molecular flexibility index (Phi) is 4.79. The SMILES string of the molecule is CN1CCCCC1CNC1CCS(=O)CC1. The Balaban J connectivity index is 1.68. The summed E-state index contributed by atoms with van der Waals surface area (Å²) < 4.78 is 11.2. The normalized spacial score (nSPS) is 37.4. The van der Waals surface area contributed by atoms with Gasteiger partial charge in [0.25, 0.3) is 0 Å². The van der Waals surface area contributed by atoms with Crippen molar-refractivity contribution in [3.8, 4) is 0 Å². The van der Waals surface area contributed by atoms with Crippen molar-refractivity contribution in [2.24, 2.45) is 0 Å². The van der Waals surface area contributed by atoms with E-state index < -0.39 is 10.8 Å². The van der Waals surface area contributed by atoms with Gasteiger partial charge in [-0.05, 0) is 39.3 Å². The van der Waals surface area contributed by atoms with Gasteiger partial charge in [-0.3, -0.25) is 4.21 Å². The third-order valence-electron chi connectivity index (χ3n) is 3.95. The van der Waals surface area contributed by atoms with E-state index in [-0.39, 0.29) is 0 Å². The van der Waals surface area contributed by atoms with Crippen molar-refractivity contribution >= 4 is 10.8 Å². The van der Waals surface area contributed by atoms with Gasteiger partial charge in [-0.1, -0.05) is 6.42 Å². The number of likely N-dealkylation sites (N-methyl/N-ethyl adjacent to an activating group) is 1. The molecule has 0 aromatic carbocycles. The van der Waals surface area contributed by atoms with Gasteiger partial charge >= 0.3 is 0 Å². The molecular formula is C12H24N2OS. The molecule has 0 spiro atoms. The van der Waals surface area contributed by atoms with Gasteiger partial charge in [0.15, 0.2) is 0 Å². The molecule has 2 rings (SSSR count). The van der Waals surface area contributed by atoms with Crippen LogP contribution in [0, 0.1) is 0 Å².